The maximum absolute atomic E-state index is 13.1. The van der Waals surface area contributed by atoms with Crippen LogP contribution in [0.4, 0.5) is 0 Å². The SMILES string of the molecule is CC(C)n1cc([C@]2(O)CCCN(C(=O)c3cnn(C)c3C3CC3)C2)nn1. The third kappa shape index (κ3) is 2.92. The van der Waals surface area contributed by atoms with Crippen molar-refractivity contribution in [1.82, 2.24) is 29.7 Å². The van der Waals surface area contributed by atoms with E-state index in [1.54, 1.807) is 22.0 Å². The minimum atomic E-state index is -1.15. The number of piperidine rings is 1. The predicted molar refractivity (Wildman–Crippen MR) is 94.6 cm³/mol. The zero-order valence-corrected chi connectivity index (χ0v) is 15.6. The van der Waals surface area contributed by atoms with E-state index < -0.39 is 5.60 Å². The predicted octanol–water partition coefficient (Wildman–Crippen LogP) is 1.59. The lowest BCUT2D eigenvalue weighted by Crippen LogP contribution is -2.48. The summed E-state index contributed by atoms with van der Waals surface area (Å²) < 4.78 is 3.55. The Labute approximate surface area is 152 Å². The van der Waals surface area contributed by atoms with Crippen LogP contribution < -0.4 is 0 Å². The molecule has 3 heterocycles. The number of amides is 1. The molecule has 1 N–H and O–H groups in total. The van der Waals surface area contributed by atoms with E-state index in [-0.39, 0.29) is 18.5 Å². The van der Waals surface area contributed by atoms with Crippen molar-refractivity contribution < 1.29 is 9.90 Å². The van der Waals surface area contributed by atoms with E-state index in [0.29, 0.717) is 30.1 Å². The number of likely N-dealkylation sites (tertiary alicyclic amines) is 1. The lowest BCUT2D eigenvalue weighted by molar-refractivity contribution is -0.0321. The molecule has 140 valence electrons. The van der Waals surface area contributed by atoms with Crippen LogP contribution >= 0.6 is 0 Å². The van der Waals surface area contributed by atoms with Crippen LogP contribution in [0.1, 0.15) is 73.2 Å². The number of aromatic nitrogens is 5. The number of nitrogens with zero attached hydrogens (tertiary/aromatic N) is 6. The second kappa shape index (κ2) is 6.19. The third-order valence-corrected chi connectivity index (χ3v) is 5.45. The molecule has 1 saturated carbocycles. The second-order valence-electron chi connectivity index (χ2n) is 7.88. The average Bonchev–Trinajstić information content (AvgIpc) is 3.17. The quantitative estimate of drug-likeness (QED) is 0.897. The van der Waals surface area contributed by atoms with Crippen LogP contribution in [0.3, 0.4) is 0 Å². The molecule has 1 atom stereocenters. The van der Waals surface area contributed by atoms with Crippen molar-refractivity contribution in [2.75, 3.05) is 13.1 Å². The minimum Gasteiger partial charge on any atom is -0.382 e. The van der Waals surface area contributed by atoms with Gasteiger partial charge in [0.1, 0.15) is 11.3 Å². The monoisotopic (exact) mass is 358 g/mol. The summed E-state index contributed by atoms with van der Waals surface area (Å²) in [6.45, 7) is 4.90. The molecule has 1 amide bonds. The number of aryl methyl sites for hydroxylation is 1. The molecule has 0 bridgehead atoms. The average molecular weight is 358 g/mol. The Bertz CT molecular complexity index is 822. The molecule has 0 unspecified atom stereocenters. The summed E-state index contributed by atoms with van der Waals surface area (Å²) in [4.78, 5) is 14.9. The van der Waals surface area contributed by atoms with Crippen molar-refractivity contribution in [3.05, 3.63) is 29.3 Å². The van der Waals surface area contributed by atoms with Crippen molar-refractivity contribution in [2.24, 2.45) is 7.05 Å². The molecule has 0 aromatic carbocycles. The molecular weight excluding hydrogens is 332 g/mol. The maximum atomic E-state index is 13.1. The van der Waals surface area contributed by atoms with Crippen LogP contribution in [-0.2, 0) is 12.6 Å². The fraction of sp³-hybridized carbons (Fsp3) is 0.667. The normalized spacial score (nSPS) is 23.7. The first-order valence-corrected chi connectivity index (χ1v) is 9.35. The van der Waals surface area contributed by atoms with Gasteiger partial charge in [0.15, 0.2) is 0 Å². The molecule has 4 rings (SSSR count). The molecule has 2 aromatic heterocycles. The Morgan fingerprint density at radius 3 is 2.81 bits per heavy atom. The summed E-state index contributed by atoms with van der Waals surface area (Å²) in [5.74, 6) is 0.394. The standard InChI is InChI=1S/C18H26N6O2/c1-12(2)24-10-15(20-21-24)18(26)7-4-8-23(11-18)17(25)14-9-19-22(3)16(14)13-5-6-13/h9-10,12-13,26H,4-8,11H2,1-3H3/t18-/m0/s1. The number of hydrogen-bond donors (Lipinski definition) is 1. The van der Waals surface area contributed by atoms with Crippen LogP contribution in [0.15, 0.2) is 12.4 Å². The van der Waals surface area contributed by atoms with Crippen LogP contribution in [-0.4, -0.2) is 53.8 Å². The van der Waals surface area contributed by atoms with E-state index in [1.165, 1.54) is 0 Å². The van der Waals surface area contributed by atoms with Gasteiger partial charge in [0.05, 0.1) is 30.2 Å². The van der Waals surface area contributed by atoms with Crippen LogP contribution in [0.2, 0.25) is 0 Å². The molecule has 2 aliphatic rings. The Balaban J connectivity index is 1.57. The van der Waals surface area contributed by atoms with E-state index >= 15 is 0 Å². The number of carbonyl (C=O) groups is 1. The molecule has 26 heavy (non-hydrogen) atoms. The van der Waals surface area contributed by atoms with E-state index in [9.17, 15) is 9.90 Å². The molecule has 2 aromatic rings. The van der Waals surface area contributed by atoms with Crippen molar-refractivity contribution in [3.63, 3.8) is 0 Å². The van der Waals surface area contributed by atoms with Crippen molar-refractivity contribution in [2.45, 2.75) is 57.1 Å². The number of hydrogen-bond acceptors (Lipinski definition) is 5. The summed E-state index contributed by atoms with van der Waals surface area (Å²) in [7, 11) is 1.89. The number of rotatable bonds is 4. The van der Waals surface area contributed by atoms with E-state index in [4.69, 9.17) is 0 Å². The molecule has 8 heteroatoms. The van der Waals surface area contributed by atoms with Crippen molar-refractivity contribution >= 4 is 5.91 Å². The summed E-state index contributed by atoms with van der Waals surface area (Å²) in [5, 5.41) is 23.7. The minimum absolute atomic E-state index is 0.0469. The number of aliphatic hydroxyl groups is 1. The lowest BCUT2D eigenvalue weighted by Gasteiger charge is -2.38. The maximum Gasteiger partial charge on any atom is 0.257 e. The molecule has 8 nitrogen and oxygen atoms in total. The van der Waals surface area contributed by atoms with E-state index in [0.717, 1.165) is 25.0 Å². The highest BCUT2D eigenvalue weighted by atomic mass is 16.3. The lowest BCUT2D eigenvalue weighted by atomic mass is 9.89. The first-order chi connectivity index (χ1) is 12.4. The Morgan fingerprint density at radius 2 is 2.15 bits per heavy atom. The Kier molecular flexibility index (Phi) is 4.10. The Hall–Kier alpha value is -2.22. The van der Waals surface area contributed by atoms with Gasteiger partial charge in [-0.15, -0.1) is 5.10 Å². The van der Waals surface area contributed by atoms with Gasteiger partial charge in [-0.05, 0) is 39.5 Å². The zero-order valence-electron chi connectivity index (χ0n) is 15.6. The summed E-state index contributed by atoms with van der Waals surface area (Å²) in [6, 6.07) is 0.178. The van der Waals surface area contributed by atoms with Gasteiger partial charge in [-0.25, -0.2) is 4.68 Å². The molecule has 0 radical (unpaired) electrons. The van der Waals surface area contributed by atoms with Gasteiger partial charge >= 0.3 is 0 Å². The number of β-amino-alcohol motifs (C(OH)–C–C–N with tert-alkyl or cyclic N) is 1. The van der Waals surface area contributed by atoms with Gasteiger partial charge in [-0.1, -0.05) is 5.21 Å². The van der Waals surface area contributed by atoms with Gasteiger partial charge in [-0.2, -0.15) is 5.10 Å². The Morgan fingerprint density at radius 1 is 1.38 bits per heavy atom. The van der Waals surface area contributed by atoms with E-state index in [1.807, 2.05) is 25.6 Å². The van der Waals surface area contributed by atoms with E-state index in [2.05, 4.69) is 15.4 Å². The van der Waals surface area contributed by atoms with Gasteiger partial charge in [0.2, 0.25) is 0 Å². The summed E-state index contributed by atoms with van der Waals surface area (Å²) >= 11 is 0. The third-order valence-electron chi connectivity index (χ3n) is 5.45. The smallest absolute Gasteiger partial charge is 0.257 e. The van der Waals surface area contributed by atoms with Gasteiger partial charge in [-0.3, -0.25) is 9.48 Å². The van der Waals surface area contributed by atoms with Crippen LogP contribution in [0.25, 0.3) is 0 Å². The fourth-order valence-corrected chi connectivity index (χ4v) is 3.78. The topological polar surface area (TPSA) is 89.1 Å². The van der Waals surface area contributed by atoms with Gasteiger partial charge in [0.25, 0.3) is 5.91 Å². The highest BCUT2D eigenvalue weighted by Crippen LogP contribution is 2.42. The molecule has 2 fully saturated rings. The second-order valence-corrected chi connectivity index (χ2v) is 7.88. The molecular formula is C18H26N6O2. The highest BCUT2D eigenvalue weighted by Gasteiger charge is 2.41. The fourth-order valence-electron chi connectivity index (χ4n) is 3.78. The van der Waals surface area contributed by atoms with Crippen LogP contribution in [0.5, 0.6) is 0 Å². The molecule has 1 aliphatic carbocycles. The number of carbonyl (C=O) groups excluding carboxylic acids is 1. The van der Waals surface area contributed by atoms with Crippen molar-refractivity contribution in [1.29, 1.82) is 0 Å². The van der Waals surface area contributed by atoms with Gasteiger partial charge < -0.3 is 10.0 Å². The summed E-state index contributed by atoms with van der Waals surface area (Å²) in [5.41, 5.74) is 1.08. The zero-order chi connectivity index (χ0) is 18.5. The molecule has 1 saturated heterocycles. The summed E-state index contributed by atoms with van der Waals surface area (Å²) in [6.07, 6.45) is 6.99. The van der Waals surface area contributed by atoms with Crippen LogP contribution in [0, 0.1) is 0 Å². The molecule has 1 aliphatic heterocycles. The highest BCUT2D eigenvalue weighted by molar-refractivity contribution is 5.95. The first kappa shape index (κ1) is 17.2. The van der Waals surface area contributed by atoms with Crippen molar-refractivity contribution in [3.8, 4) is 0 Å². The largest absolute Gasteiger partial charge is 0.382 e. The first-order valence-electron chi connectivity index (χ1n) is 9.35. The molecule has 0 spiro atoms. The van der Waals surface area contributed by atoms with Gasteiger partial charge in [0, 0.05) is 25.6 Å².